The molecule has 0 atom stereocenters. The van der Waals surface area contributed by atoms with Gasteiger partial charge < -0.3 is 14.0 Å². The van der Waals surface area contributed by atoms with Crippen LogP contribution in [0.15, 0.2) is 0 Å². The molecule has 94 valence electrons. The summed E-state index contributed by atoms with van der Waals surface area (Å²) in [7, 11) is 1.01. The molecule has 1 aliphatic heterocycles. The van der Waals surface area contributed by atoms with Crippen LogP contribution >= 0.6 is 0 Å². The molecule has 17 heavy (non-hydrogen) atoms. The van der Waals surface area contributed by atoms with Gasteiger partial charge in [-0.25, -0.2) is 4.68 Å². The van der Waals surface area contributed by atoms with Gasteiger partial charge in [0.05, 0.1) is 11.2 Å². The van der Waals surface area contributed by atoms with Gasteiger partial charge in [0.25, 0.3) is 0 Å². The van der Waals surface area contributed by atoms with E-state index in [1.165, 1.54) is 4.68 Å². The van der Waals surface area contributed by atoms with E-state index in [0.717, 1.165) is 0 Å². The fourth-order valence-corrected chi connectivity index (χ4v) is 1.54. The summed E-state index contributed by atoms with van der Waals surface area (Å²) < 4.78 is 18.2. The van der Waals surface area contributed by atoms with Crippen molar-refractivity contribution in [2.75, 3.05) is 7.11 Å². The van der Waals surface area contributed by atoms with Crippen LogP contribution in [-0.4, -0.2) is 45.6 Å². The number of ether oxygens (including phenoxy) is 1. The minimum absolute atomic E-state index is 0.270. The van der Waals surface area contributed by atoms with Gasteiger partial charge in [0, 0.05) is 7.11 Å². The van der Waals surface area contributed by atoms with Gasteiger partial charge >= 0.3 is 7.12 Å². The Morgan fingerprint density at radius 1 is 1.24 bits per heavy atom. The Bertz CT molecular complexity index is 391. The highest BCUT2D eigenvalue weighted by atomic mass is 16.7. The third kappa shape index (κ3) is 2.07. The third-order valence-electron chi connectivity index (χ3n) is 3.28. The highest BCUT2D eigenvalue weighted by Gasteiger charge is 2.53. The molecule has 1 aliphatic rings. The lowest BCUT2D eigenvalue weighted by Crippen LogP contribution is -2.41. The van der Waals surface area contributed by atoms with E-state index in [1.807, 2.05) is 27.7 Å². The molecule has 2 rings (SSSR count). The molecule has 8 heteroatoms. The first-order valence-electron chi connectivity index (χ1n) is 5.48. The monoisotopic (exact) mass is 240 g/mol. The molecule has 1 aromatic heterocycles. The molecule has 0 aromatic carbocycles. The molecular weight excluding hydrogens is 223 g/mol. The van der Waals surface area contributed by atoms with E-state index in [9.17, 15) is 0 Å². The van der Waals surface area contributed by atoms with E-state index in [1.54, 1.807) is 7.11 Å². The number of methoxy groups -OCH3 is 1. The molecule has 0 bridgehead atoms. The fraction of sp³-hybridized carbons (Fsp3) is 0.889. The molecule has 0 saturated carbocycles. The Morgan fingerprint density at radius 3 is 2.35 bits per heavy atom. The molecular formula is C9H17BN4O3. The molecule has 0 amide bonds. The van der Waals surface area contributed by atoms with Crippen LogP contribution < -0.4 is 5.72 Å². The van der Waals surface area contributed by atoms with Crippen molar-refractivity contribution in [3.8, 4) is 0 Å². The van der Waals surface area contributed by atoms with E-state index in [2.05, 4.69) is 15.5 Å². The highest BCUT2D eigenvalue weighted by Crippen LogP contribution is 2.36. The molecule has 1 aromatic rings. The molecule has 0 N–H and O–H groups in total. The topological polar surface area (TPSA) is 71.3 Å². The second-order valence-corrected chi connectivity index (χ2v) is 5.04. The maximum Gasteiger partial charge on any atom is 0.536 e. The number of hydrogen-bond donors (Lipinski definition) is 0. The summed E-state index contributed by atoms with van der Waals surface area (Å²) in [4.78, 5) is 0. The van der Waals surface area contributed by atoms with Crippen LogP contribution in [0.3, 0.4) is 0 Å². The zero-order valence-electron chi connectivity index (χ0n) is 10.8. The predicted molar refractivity (Wildman–Crippen MR) is 60.5 cm³/mol. The van der Waals surface area contributed by atoms with E-state index < -0.39 is 18.3 Å². The Labute approximate surface area is 101 Å². The molecule has 1 saturated heterocycles. The van der Waals surface area contributed by atoms with Crippen molar-refractivity contribution in [1.29, 1.82) is 0 Å². The quantitative estimate of drug-likeness (QED) is 0.668. The van der Waals surface area contributed by atoms with Gasteiger partial charge in [-0.05, 0) is 38.1 Å². The number of hydrogen-bond acceptors (Lipinski definition) is 6. The van der Waals surface area contributed by atoms with Gasteiger partial charge in [-0.2, -0.15) is 0 Å². The van der Waals surface area contributed by atoms with E-state index in [0.29, 0.717) is 5.72 Å². The lowest BCUT2D eigenvalue weighted by atomic mass is 9.89. The van der Waals surface area contributed by atoms with E-state index in [4.69, 9.17) is 14.0 Å². The van der Waals surface area contributed by atoms with E-state index in [-0.39, 0.29) is 6.73 Å². The molecule has 0 aliphatic carbocycles. The van der Waals surface area contributed by atoms with Crippen molar-refractivity contribution in [2.24, 2.45) is 0 Å². The first-order chi connectivity index (χ1) is 7.87. The van der Waals surface area contributed by atoms with Crippen LogP contribution in [0, 0.1) is 0 Å². The first kappa shape index (κ1) is 12.5. The maximum absolute atomic E-state index is 5.85. The summed E-state index contributed by atoms with van der Waals surface area (Å²) in [5.41, 5.74) is -0.284. The standard InChI is InChI=1S/C9H17BN4O3/c1-8(2)9(3,4)17-10(16-8)7-11-12-13-14(7)6-15-5/h6H2,1-5H3. The van der Waals surface area contributed by atoms with Gasteiger partial charge in [-0.15, -0.1) is 5.10 Å². The largest absolute Gasteiger partial charge is 0.536 e. The zero-order valence-corrected chi connectivity index (χ0v) is 10.8. The van der Waals surface area contributed by atoms with Crippen LogP contribution in [0.5, 0.6) is 0 Å². The Hall–Kier alpha value is -0.985. The Kier molecular flexibility index (Phi) is 2.96. The van der Waals surface area contributed by atoms with Crippen molar-refractivity contribution in [1.82, 2.24) is 20.2 Å². The lowest BCUT2D eigenvalue weighted by Gasteiger charge is -2.32. The minimum atomic E-state index is -0.565. The lowest BCUT2D eigenvalue weighted by molar-refractivity contribution is 0.00578. The number of nitrogens with zero attached hydrogens (tertiary/aromatic N) is 4. The van der Waals surface area contributed by atoms with Crippen molar-refractivity contribution >= 4 is 12.8 Å². The summed E-state index contributed by atoms with van der Waals surface area (Å²) in [6, 6.07) is 0. The number of aromatic nitrogens is 4. The summed E-state index contributed by atoms with van der Waals surface area (Å²) in [6.45, 7) is 8.20. The zero-order chi connectivity index (χ0) is 12.7. The molecule has 1 fully saturated rings. The van der Waals surface area contributed by atoms with Crippen LogP contribution in [0.2, 0.25) is 0 Å². The Morgan fingerprint density at radius 2 is 1.82 bits per heavy atom. The summed E-state index contributed by atoms with van der Waals surface area (Å²) in [6.07, 6.45) is 0. The highest BCUT2D eigenvalue weighted by molar-refractivity contribution is 6.60. The number of rotatable bonds is 3. The smallest absolute Gasteiger partial charge is 0.397 e. The van der Waals surface area contributed by atoms with Crippen LogP contribution in [0.4, 0.5) is 0 Å². The summed E-state index contributed by atoms with van der Waals surface area (Å²) >= 11 is 0. The average molecular weight is 240 g/mol. The molecule has 7 nitrogen and oxygen atoms in total. The molecule has 0 radical (unpaired) electrons. The summed E-state index contributed by atoms with van der Waals surface area (Å²) in [5.74, 6) is 0. The van der Waals surface area contributed by atoms with Crippen molar-refractivity contribution in [2.45, 2.75) is 45.6 Å². The molecule has 0 unspecified atom stereocenters. The Balaban J connectivity index is 2.23. The van der Waals surface area contributed by atoms with Gasteiger partial charge in [-0.3, -0.25) is 0 Å². The van der Waals surface area contributed by atoms with Crippen molar-refractivity contribution in [3.63, 3.8) is 0 Å². The first-order valence-corrected chi connectivity index (χ1v) is 5.48. The molecule has 2 heterocycles. The fourth-order valence-electron chi connectivity index (χ4n) is 1.54. The van der Waals surface area contributed by atoms with Crippen LogP contribution in [0.25, 0.3) is 0 Å². The molecule has 0 spiro atoms. The summed E-state index contributed by atoms with van der Waals surface area (Å²) in [5, 5.41) is 11.3. The normalized spacial score (nSPS) is 22.1. The van der Waals surface area contributed by atoms with Crippen LogP contribution in [-0.2, 0) is 20.8 Å². The van der Waals surface area contributed by atoms with Gasteiger partial charge in [0.15, 0.2) is 5.72 Å². The van der Waals surface area contributed by atoms with Gasteiger partial charge in [0.2, 0.25) is 0 Å². The third-order valence-corrected chi connectivity index (χ3v) is 3.28. The van der Waals surface area contributed by atoms with Gasteiger partial charge in [0.1, 0.15) is 6.73 Å². The second kappa shape index (κ2) is 4.04. The maximum atomic E-state index is 5.85. The van der Waals surface area contributed by atoms with Crippen molar-refractivity contribution < 1.29 is 14.0 Å². The minimum Gasteiger partial charge on any atom is -0.397 e. The van der Waals surface area contributed by atoms with Gasteiger partial charge in [-0.1, -0.05) is 0 Å². The predicted octanol–water partition coefficient (Wildman–Crippen LogP) is -0.424. The van der Waals surface area contributed by atoms with Crippen LogP contribution in [0.1, 0.15) is 27.7 Å². The second-order valence-electron chi connectivity index (χ2n) is 5.04. The van der Waals surface area contributed by atoms with E-state index >= 15 is 0 Å². The SMILES string of the molecule is COCn1nnnc1B1OC(C)(C)C(C)(C)O1. The average Bonchev–Trinajstić information content (AvgIpc) is 2.71. The number of tetrazole rings is 1. The van der Waals surface area contributed by atoms with Crippen molar-refractivity contribution in [3.05, 3.63) is 0 Å².